The van der Waals surface area contributed by atoms with Crippen molar-refractivity contribution < 1.29 is 8.78 Å². The molecule has 0 bridgehead atoms. The van der Waals surface area contributed by atoms with Gasteiger partial charge < -0.3 is 4.57 Å². The molecule has 2 aromatic rings. The van der Waals surface area contributed by atoms with Crippen LogP contribution in [0.15, 0.2) is 36.4 Å². The molecule has 1 fully saturated rings. The third-order valence-corrected chi connectivity index (χ3v) is 3.91. The SMILES string of the molecule is FC(F)=CC1CCN(Cn2c(Cl)nc3ccccc32)C1. The van der Waals surface area contributed by atoms with E-state index < -0.39 is 6.08 Å². The monoisotopic (exact) mass is 297 g/mol. The van der Waals surface area contributed by atoms with Crippen molar-refractivity contribution >= 4 is 22.6 Å². The van der Waals surface area contributed by atoms with Gasteiger partial charge in [0.25, 0.3) is 6.08 Å². The first-order valence-corrected chi connectivity index (χ1v) is 6.87. The molecule has 20 heavy (non-hydrogen) atoms. The van der Waals surface area contributed by atoms with Gasteiger partial charge in [-0.15, -0.1) is 0 Å². The maximum atomic E-state index is 12.3. The lowest BCUT2D eigenvalue weighted by atomic mass is 10.1. The first kappa shape index (κ1) is 13.5. The summed E-state index contributed by atoms with van der Waals surface area (Å²) in [5.74, 6) is -0.0754. The topological polar surface area (TPSA) is 21.1 Å². The number of likely N-dealkylation sites (tertiary alicyclic amines) is 1. The Kier molecular flexibility index (Phi) is 3.72. The van der Waals surface area contributed by atoms with E-state index in [0.29, 0.717) is 18.5 Å². The van der Waals surface area contributed by atoms with Crippen molar-refractivity contribution in [1.82, 2.24) is 14.5 Å². The van der Waals surface area contributed by atoms with Gasteiger partial charge in [0, 0.05) is 13.1 Å². The summed E-state index contributed by atoms with van der Waals surface area (Å²) in [5, 5.41) is 0.432. The minimum Gasteiger partial charge on any atom is -0.301 e. The maximum absolute atomic E-state index is 12.3. The van der Waals surface area contributed by atoms with Crippen LogP contribution in [0.5, 0.6) is 0 Å². The number of hydrogen-bond acceptors (Lipinski definition) is 2. The molecule has 106 valence electrons. The predicted octanol–water partition coefficient (Wildman–Crippen LogP) is 3.75. The van der Waals surface area contributed by atoms with Crippen LogP contribution in [-0.4, -0.2) is 27.5 Å². The predicted molar refractivity (Wildman–Crippen MR) is 74.7 cm³/mol. The highest BCUT2D eigenvalue weighted by molar-refractivity contribution is 6.29. The second kappa shape index (κ2) is 5.50. The van der Waals surface area contributed by atoms with Gasteiger partial charge in [0.05, 0.1) is 17.7 Å². The van der Waals surface area contributed by atoms with Crippen molar-refractivity contribution in [2.24, 2.45) is 5.92 Å². The summed E-state index contributed by atoms with van der Waals surface area (Å²) < 4.78 is 26.5. The van der Waals surface area contributed by atoms with Gasteiger partial charge in [0.15, 0.2) is 0 Å². The zero-order valence-electron chi connectivity index (χ0n) is 10.8. The zero-order valence-corrected chi connectivity index (χ0v) is 11.5. The van der Waals surface area contributed by atoms with E-state index in [2.05, 4.69) is 9.88 Å². The van der Waals surface area contributed by atoms with E-state index in [1.165, 1.54) is 0 Å². The quantitative estimate of drug-likeness (QED) is 0.860. The molecule has 3 rings (SSSR count). The van der Waals surface area contributed by atoms with E-state index in [0.717, 1.165) is 30.1 Å². The van der Waals surface area contributed by atoms with Crippen molar-refractivity contribution in [2.45, 2.75) is 13.1 Å². The van der Waals surface area contributed by atoms with Crippen LogP contribution < -0.4 is 0 Å². The molecular weight excluding hydrogens is 284 g/mol. The minimum atomic E-state index is -1.59. The molecule has 1 aromatic carbocycles. The smallest absolute Gasteiger partial charge is 0.266 e. The molecule has 1 aliphatic heterocycles. The number of halogens is 3. The molecule has 2 heterocycles. The average molecular weight is 298 g/mol. The average Bonchev–Trinajstić information content (AvgIpc) is 2.95. The van der Waals surface area contributed by atoms with Gasteiger partial charge in [-0.25, -0.2) is 4.98 Å². The normalized spacial score (nSPS) is 19.6. The third kappa shape index (κ3) is 2.69. The van der Waals surface area contributed by atoms with Crippen LogP contribution in [0, 0.1) is 5.92 Å². The summed E-state index contributed by atoms with van der Waals surface area (Å²) in [6, 6.07) is 7.72. The summed E-state index contributed by atoms with van der Waals surface area (Å²) in [6.07, 6.45) is 0.206. The lowest BCUT2D eigenvalue weighted by Gasteiger charge is -2.17. The fourth-order valence-corrected chi connectivity index (χ4v) is 2.92. The summed E-state index contributed by atoms with van der Waals surface area (Å²) in [4.78, 5) is 6.41. The number of para-hydroxylation sites is 2. The van der Waals surface area contributed by atoms with Crippen molar-refractivity contribution in [3.63, 3.8) is 0 Å². The van der Waals surface area contributed by atoms with Crippen LogP contribution in [0.1, 0.15) is 6.42 Å². The molecule has 1 unspecified atom stereocenters. The fourth-order valence-electron chi connectivity index (χ4n) is 2.69. The van der Waals surface area contributed by atoms with Crippen LogP contribution in [0.3, 0.4) is 0 Å². The Bertz CT molecular complexity index is 649. The van der Waals surface area contributed by atoms with Crippen molar-refractivity contribution in [2.75, 3.05) is 13.1 Å². The Morgan fingerprint density at radius 3 is 3.00 bits per heavy atom. The van der Waals surface area contributed by atoms with E-state index in [9.17, 15) is 8.78 Å². The molecule has 0 amide bonds. The number of benzene rings is 1. The summed E-state index contributed by atoms with van der Waals surface area (Å²) in [6.45, 7) is 2.00. The van der Waals surface area contributed by atoms with Gasteiger partial charge in [-0.2, -0.15) is 8.78 Å². The minimum absolute atomic E-state index is 0.0754. The Morgan fingerprint density at radius 1 is 1.40 bits per heavy atom. The van der Waals surface area contributed by atoms with Crippen LogP contribution in [-0.2, 0) is 6.67 Å². The molecule has 0 radical (unpaired) electrons. The molecule has 0 spiro atoms. The van der Waals surface area contributed by atoms with Gasteiger partial charge in [0.2, 0.25) is 5.28 Å². The number of imidazole rings is 1. The number of fused-ring (bicyclic) bond motifs is 1. The van der Waals surface area contributed by atoms with Gasteiger partial charge in [-0.05, 0) is 42.1 Å². The van der Waals surface area contributed by atoms with Gasteiger partial charge in [-0.1, -0.05) is 12.1 Å². The van der Waals surface area contributed by atoms with Crippen molar-refractivity contribution in [3.05, 3.63) is 41.7 Å². The molecule has 1 aromatic heterocycles. The lowest BCUT2D eigenvalue weighted by molar-refractivity contribution is 0.268. The number of hydrogen-bond donors (Lipinski definition) is 0. The molecule has 3 nitrogen and oxygen atoms in total. The molecule has 1 aliphatic rings. The summed E-state index contributed by atoms with van der Waals surface area (Å²) in [5.41, 5.74) is 1.82. The second-order valence-corrected chi connectivity index (χ2v) is 5.36. The maximum Gasteiger partial charge on any atom is 0.266 e. The van der Waals surface area contributed by atoms with Gasteiger partial charge in [-0.3, -0.25) is 4.90 Å². The Balaban J connectivity index is 1.78. The molecule has 1 atom stereocenters. The highest BCUT2D eigenvalue weighted by Gasteiger charge is 2.23. The zero-order chi connectivity index (χ0) is 14.1. The molecular formula is C14H14ClF2N3. The molecule has 0 aliphatic carbocycles. The summed E-state index contributed by atoms with van der Waals surface area (Å²) >= 11 is 6.16. The second-order valence-electron chi connectivity index (χ2n) is 5.02. The first-order chi connectivity index (χ1) is 9.63. The van der Waals surface area contributed by atoms with E-state index in [1.54, 1.807) is 0 Å². The van der Waals surface area contributed by atoms with Crippen molar-refractivity contribution in [1.29, 1.82) is 0 Å². The first-order valence-electron chi connectivity index (χ1n) is 6.49. The van der Waals surface area contributed by atoms with Crippen LogP contribution in [0.4, 0.5) is 8.78 Å². The van der Waals surface area contributed by atoms with Crippen LogP contribution in [0.25, 0.3) is 11.0 Å². The van der Waals surface area contributed by atoms with E-state index >= 15 is 0 Å². The third-order valence-electron chi connectivity index (χ3n) is 3.62. The number of nitrogens with zero attached hydrogens (tertiary/aromatic N) is 3. The molecule has 0 saturated carbocycles. The van der Waals surface area contributed by atoms with E-state index in [1.807, 2.05) is 28.8 Å². The largest absolute Gasteiger partial charge is 0.301 e. The van der Waals surface area contributed by atoms with Crippen LogP contribution >= 0.6 is 11.6 Å². The number of aromatic nitrogens is 2. The van der Waals surface area contributed by atoms with E-state index in [4.69, 9.17) is 11.6 Å². The summed E-state index contributed by atoms with van der Waals surface area (Å²) in [7, 11) is 0. The van der Waals surface area contributed by atoms with Gasteiger partial charge in [0.1, 0.15) is 0 Å². The lowest BCUT2D eigenvalue weighted by Crippen LogP contribution is -2.23. The van der Waals surface area contributed by atoms with E-state index in [-0.39, 0.29) is 5.92 Å². The molecule has 0 N–H and O–H groups in total. The standard InChI is InChI=1S/C14H14ClF2N3/c15-14-18-11-3-1-2-4-12(11)20(14)9-19-6-5-10(8-19)7-13(16)17/h1-4,7,10H,5-6,8-9H2. The van der Waals surface area contributed by atoms with Gasteiger partial charge >= 0.3 is 0 Å². The highest BCUT2D eigenvalue weighted by atomic mass is 35.5. The van der Waals surface area contributed by atoms with Crippen molar-refractivity contribution in [3.8, 4) is 0 Å². The number of rotatable bonds is 3. The molecule has 1 saturated heterocycles. The highest BCUT2D eigenvalue weighted by Crippen LogP contribution is 2.24. The fraction of sp³-hybridized carbons (Fsp3) is 0.357. The molecule has 6 heteroatoms. The Hall–Kier alpha value is -1.46. The van der Waals surface area contributed by atoms with Crippen LogP contribution in [0.2, 0.25) is 5.28 Å². The Labute approximate surface area is 120 Å². The Morgan fingerprint density at radius 2 is 2.20 bits per heavy atom.